The topological polar surface area (TPSA) is 27.8 Å². The average Bonchev–Trinajstić information content (AvgIpc) is 2.65. The molecule has 0 aliphatic carbocycles. The van der Waals surface area contributed by atoms with E-state index in [4.69, 9.17) is 0 Å². The molecule has 0 spiro atoms. The molecular formula is C15H20N2. The molecule has 1 fully saturated rings. The average molecular weight is 228 g/mol. The molecule has 2 N–H and O–H groups in total. The van der Waals surface area contributed by atoms with Crippen molar-refractivity contribution in [3.05, 3.63) is 35.0 Å². The van der Waals surface area contributed by atoms with Crippen LogP contribution in [0.4, 0.5) is 0 Å². The van der Waals surface area contributed by atoms with Crippen LogP contribution in [0.3, 0.4) is 0 Å². The van der Waals surface area contributed by atoms with Gasteiger partial charge in [-0.15, -0.1) is 0 Å². The molecule has 2 heterocycles. The zero-order valence-corrected chi connectivity index (χ0v) is 10.6. The second-order valence-corrected chi connectivity index (χ2v) is 5.24. The van der Waals surface area contributed by atoms with Crippen LogP contribution < -0.4 is 5.32 Å². The number of aromatic amines is 1. The molecule has 0 bridgehead atoms. The molecular weight excluding hydrogens is 208 g/mol. The van der Waals surface area contributed by atoms with Gasteiger partial charge in [-0.3, -0.25) is 0 Å². The van der Waals surface area contributed by atoms with Crippen molar-refractivity contribution < 1.29 is 0 Å². The first-order valence-corrected chi connectivity index (χ1v) is 6.55. The Bertz CT molecular complexity index is 533. The van der Waals surface area contributed by atoms with Gasteiger partial charge in [0.25, 0.3) is 0 Å². The minimum Gasteiger partial charge on any atom is -0.358 e. The zero-order chi connectivity index (χ0) is 11.8. The van der Waals surface area contributed by atoms with Crippen LogP contribution in [0.15, 0.2) is 18.2 Å². The molecule has 0 unspecified atom stereocenters. The van der Waals surface area contributed by atoms with Gasteiger partial charge in [-0.1, -0.05) is 12.1 Å². The maximum atomic E-state index is 3.54. The third kappa shape index (κ3) is 1.87. The van der Waals surface area contributed by atoms with Gasteiger partial charge in [0.05, 0.1) is 0 Å². The predicted molar refractivity (Wildman–Crippen MR) is 72.6 cm³/mol. The normalized spacial score (nSPS) is 17.8. The maximum Gasteiger partial charge on any atom is 0.0461 e. The summed E-state index contributed by atoms with van der Waals surface area (Å²) in [5, 5.41) is 4.87. The highest BCUT2D eigenvalue weighted by Gasteiger charge is 2.20. The fourth-order valence-electron chi connectivity index (χ4n) is 3.10. The number of hydrogen-bond acceptors (Lipinski definition) is 1. The number of hydrogen-bond donors (Lipinski definition) is 2. The number of nitrogens with one attached hydrogen (secondary N) is 2. The van der Waals surface area contributed by atoms with E-state index in [1.54, 1.807) is 5.56 Å². The largest absolute Gasteiger partial charge is 0.358 e. The lowest BCUT2D eigenvalue weighted by Crippen LogP contribution is -2.26. The summed E-state index contributed by atoms with van der Waals surface area (Å²) in [5.74, 6) is 0.729. The van der Waals surface area contributed by atoms with Gasteiger partial charge in [-0.05, 0) is 62.9 Å². The summed E-state index contributed by atoms with van der Waals surface area (Å²) in [6, 6.07) is 6.76. The van der Waals surface area contributed by atoms with Crippen LogP contribution in [-0.4, -0.2) is 18.1 Å². The van der Waals surface area contributed by atoms with Crippen molar-refractivity contribution >= 4 is 10.9 Å². The van der Waals surface area contributed by atoms with Crippen molar-refractivity contribution in [3.8, 4) is 0 Å². The van der Waals surface area contributed by atoms with Crippen molar-refractivity contribution in [1.82, 2.24) is 10.3 Å². The molecule has 3 rings (SSSR count). The fourth-order valence-corrected chi connectivity index (χ4v) is 3.10. The maximum absolute atomic E-state index is 3.54. The summed E-state index contributed by atoms with van der Waals surface area (Å²) >= 11 is 0. The van der Waals surface area contributed by atoms with Crippen LogP contribution in [0.1, 0.15) is 35.6 Å². The van der Waals surface area contributed by atoms with E-state index in [-0.39, 0.29) is 0 Å². The first-order valence-electron chi connectivity index (χ1n) is 6.55. The van der Waals surface area contributed by atoms with E-state index in [0.29, 0.717) is 0 Å². The van der Waals surface area contributed by atoms with Crippen molar-refractivity contribution in [2.24, 2.45) is 0 Å². The quantitative estimate of drug-likeness (QED) is 0.770. The number of fused-ring (bicyclic) bond motifs is 1. The van der Waals surface area contributed by atoms with E-state index >= 15 is 0 Å². The van der Waals surface area contributed by atoms with E-state index in [2.05, 4.69) is 42.3 Å². The Hall–Kier alpha value is -1.28. The van der Waals surface area contributed by atoms with Crippen LogP contribution in [0.2, 0.25) is 0 Å². The SMILES string of the molecule is Cc1ccc2c(C3CCNCC3)c(C)[nH]c2c1. The summed E-state index contributed by atoms with van der Waals surface area (Å²) in [6.45, 7) is 6.68. The molecule has 2 heteroatoms. The predicted octanol–water partition coefficient (Wildman–Crippen LogP) is 3.25. The summed E-state index contributed by atoms with van der Waals surface area (Å²) in [5.41, 5.74) is 5.55. The van der Waals surface area contributed by atoms with E-state index in [0.717, 1.165) is 19.0 Å². The summed E-state index contributed by atoms with van der Waals surface area (Å²) < 4.78 is 0. The molecule has 0 atom stereocenters. The third-order valence-corrected chi connectivity index (χ3v) is 3.94. The Morgan fingerprint density at radius 2 is 1.88 bits per heavy atom. The molecule has 90 valence electrons. The van der Waals surface area contributed by atoms with E-state index in [1.165, 1.54) is 35.0 Å². The van der Waals surface area contributed by atoms with Gasteiger partial charge in [0.15, 0.2) is 0 Å². The van der Waals surface area contributed by atoms with E-state index in [1.807, 2.05) is 0 Å². The first-order chi connectivity index (χ1) is 8.25. The molecule has 0 radical (unpaired) electrons. The number of piperidine rings is 1. The molecule has 1 aliphatic rings. The van der Waals surface area contributed by atoms with Crippen molar-refractivity contribution in [3.63, 3.8) is 0 Å². The second-order valence-electron chi connectivity index (χ2n) is 5.24. The van der Waals surface area contributed by atoms with Crippen LogP contribution in [-0.2, 0) is 0 Å². The molecule has 1 aromatic carbocycles. The highest BCUT2D eigenvalue weighted by molar-refractivity contribution is 5.85. The summed E-state index contributed by atoms with van der Waals surface area (Å²) in [6.07, 6.45) is 2.53. The minimum absolute atomic E-state index is 0.729. The Morgan fingerprint density at radius 3 is 2.65 bits per heavy atom. The number of rotatable bonds is 1. The highest BCUT2D eigenvalue weighted by atomic mass is 14.9. The molecule has 1 saturated heterocycles. The molecule has 1 aromatic heterocycles. The van der Waals surface area contributed by atoms with Crippen LogP contribution in [0.25, 0.3) is 10.9 Å². The van der Waals surface area contributed by atoms with Gasteiger partial charge in [0, 0.05) is 16.6 Å². The summed E-state index contributed by atoms with van der Waals surface area (Å²) in [7, 11) is 0. The Balaban J connectivity index is 2.11. The number of H-pyrrole nitrogens is 1. The standard InChI is InChI=1S/C15H20N2/c1-10-3-4-13-14(9-10)17-11(2)15(13)12-5-7-16-8-6-12/h3-4,9,12,16-17H,5-8H2,1-2H3. The Morgan fingerprint density at radius 1 is 1.12 bits per heavy atom. The molecule has 2 nitrogen and oxygen atoms in total. The van der Waals surface area contributed by atoms with Crippen LogP contribution >= 0.6 is 0 Å². The summed E-state index contributed by atoms with van der Waals surface area (Å²) in [4.78, 5) is 3.54. The smallest absolute Gasteiger partial charge is 0.0461 e. The van der Waals surface area contributed by atoms with E-state index < -0.39 is 0 Å². The lowest BCUT2D eigenvalue weighted by molar-refractivity contribution is 0.461. The van der Waals surface area contributed by atoms with Crippen molar-refractivity contribution in [1.29, 1.82) is 0 Å². The molecule has 1 aliphatic heterocycles. The molecule has 2 aromatic rings. The Labute approximate surface area is 102 Å². The highest BCUT2D eigenvalue weighted by Crippen LogP contribution is 2.34. The van der Waals surface area contributed by atoms with Crippen LogP contribution in [0.5, 0.6) is 0 Å². The fraction of sp³-hybridized carbons (Fsp3) is 0.467. The zero-order valence-electron chi connectivity index (χ0n) is 10.6. The number of aromatic nitrogens is 1. The second kappa shape index (κ2) is 4.19. The number of aryl methyl sites for hydroxylation is 2. The Kier molecular flexibility index (Phi) is 2.67. The first kappa shape index (κ1) is 10.8. The number of benzene rings is 1. The third-order valence-electron chi connectivity index (χ3n) is 3.94. The van der Waals surface area contributed by atoms with Crippen molar-refractivity contribution in [2.75, 3.05) is 13.1 Å². The molecule has 17 heavy (non-hydrogen) atoms. The van der Waals surface area contributed by atoms with Gasteiger partial charge in [0.2, 0.25) is 0 Å². The lowest BCUT2D eigenvalue weighted by atomic mass is 9.88. The van der Waals surface area contributed by atoms with E-state index in [9.17, 15) is 0 Å². The van der Waals surface area contributed by atoms with Gasteiger partial charge < -0.3 is 10.3 Å². The van der Waals surface area contributed by atoms with Crippen LogP contribution in [0, 0.1) is 13.8 Å². The molecule has 0 amide bonds. The monoisotopic (exact) mass is 228 g/mol. The van der Waals surface area contributed by atoms with Gasteiger partial charge in [-0.25, -0.2) is 0 Å². The van der Waals surface area contributed by atoms with Gasteiger partial charge in [-0.2, -0.15) is 0 Å². The van der Waals surface area contributed by atoms with Gasteiger partial charge >= 0.3 is 0 Å². The van der Waals surface area contributed by atoms with Crippen molar-refractivity contribution in [2.45, 2.75) is 32.6 Å². The minimum atomic E-state index is 0.729. The lowest BCUT2D eigenvalue weighted by Gasteiger charge is -2.23. The van der Waals surface area contributed by atoms with Gasteiger partial charge in [0.1, 0.15) is 0 Å². The molecule has 0 saturated carbocycles.